The van der Waals surface area contributed by atoms with Gasteiger partial charge in [0, 0.05) is 26.2 Å². The van der Waals surface area contributed by atoms with Gasteiger partial charge in [0.15, 0.2) is 0 Å². The van der Waals surface area contributed by atoms with Gasteiger partial charge in [0.2, 0.25) is 0 Å². The molecule has 0 aromatic carbocycles. The first-order chi connectivity index (χ1) is 5.73. The van der Waals surface area contributed by atoms with Crippen LogP contribution < -0.4 is 0 Å². The number of allylic oxidation sites excluding steroid dienone is 4. The summed E-state index contributed by atoms with van der Waals surface area (Å²) in [6.07, 6.45) is 6.80. The van der Waals surface area contributed by atoms with E-state index in [1.54, 1.807) is 0 Å². The second-order valence-corrected chi connectivity index (χ2v) is 5.87. The minimum atomic E-state index is 0. The van der Waals surface area contributed by atoms with Gasteiger partial charge in [-0.3, -0.25) is 6.08 Å². The van der Waals surface area contributed by atoms with E-state index in [0.717, 1.165) is 6.42 Å². The van der Waals surface area contributed by atoms with Crippen molar-refractivity contribution >= 4 is 24.8 Å². The van der Waals surface area contributed by atoms with Crippen LogP contribution in [0.5, 0.6) is 0 Å². The molecule has 0 N–H and O–H groups in total. The summed E-state index contributed by atoms with van der Waals surface area (Å²) >= 11 is 0. The number of hydrogen-bond donors (Lipinski definition) is 0. The van der Waals surface area contributed by atoms with Crippen molar-refractivity contribution in [3.05, 3.63) is 23.3 Å². The second kappa shape index (κ2) is 7.39. The van der Waals surface area contributed by atoms with Crippen LogP contribution in [0.25, 0.3) is 0 Å². The Bertz CT molecular complexity index is 237. The van der Waals surface area contributed by atoms with Crippen molar-refractivity contribution in [2.45, 2.75) is 48.0 Å². The van der Waals surface area contributed by atoms with E-state index in [1.807, 2.05) is 0 Å². The summed E-state index contributed by atoms with van der Waals surface area (Å²) in [5.74, 6) is 0. The molecular formula is C13H23Cl2Zr-. The maximum absolute atomic E-state index is 3.48. The van der Waals surface area contributed by atoms with Crippen molar-refractivity contribution < 1.29 is 26.2 Å². The van der Waals surface area contributed by atoms with Gasteiger partial charge in [-0.2, -0.15) is 11.6 Å². The normalized spacial score (nSPS) is 15.1. The number of hydrogen-bond acceptors (Lipinski definition) is 0. The molecule has 1 aliphatic rings. The maximum atomic E-state index is 3.48. The molecule has 0 aliphatic heterocycles. The van der Waals surface area contributed by atoms with Gasteiger partial charge in [-0.1, -0.05) is 47.0 Å². The third-order valence-electron chi connectivity index (χ3n) is 2.41. The summed E-state index contributed by atoms with van der Waals surface area (Å²) < 4.78 is 0. The van der Waals surface area contributed by atoms with Crippen molar-refractivity contribution in [2.75, 3.05) is 0 Å². The number of rotatable bonds is 0. The number of halogens is 2. The van der Waals surface area contributed by atoms with Crippen molar-refractivity contribution in [1.29, 1.82) is 0 Å². The van der Waals surface area contributed by atoms with E-state index in [2.05, 4.69) is 53.7 Å². The molecule has 16 heavy (non-hydrogen) atoms. The average molecular weight is 341 g/mol. The summed E-state index contributed by atoms with van der Waals surface area (Å²) in [5.41, 5.74) is 3.42. The average Bonchev–Trinajstić information content (AvgIpc) is 2.27. The smallest absolute Gasteiger partial charge is 0 e. The molecule has 3 heteroatoms. The Morgan fingerprint density at radius 3 is 1.62 bits per heavy atom. The molecule has 0 bridgehead atoms. The fourth-order valence-corrected chi connectivity index (χ4v) is 1.80. The molecule has 94 valence electrons. The van der Waals surface area contributed by atoms with E-state index in [4.69, 9.17) is 0 Å². The van der Waals surface area contributed by atoms with Crippen LogP contribution in [0, 0.1) is 16.9 Å². The molecule has 0 heterocycles. The van der Waals surface area contributed by atoms with Gasteiger partial charge in [-0.15, -0.1) is 31.2 Å². The molecule has 0 fully saturated rings. The Hall–Kier alpha value is 0.943. The first kappa shape index (κ1) is 22.2. The first-order valence-electron chi connectivity index (χ1n) is 5.05. The second-order valence-electron chi connectivity index (χ2n) is 5.87. The van der Waals surface area contributed by atoms with Gasteiger partial charge < -0.3 is 0 Å². The Kier molecular flexibility index (Phi) is 10.2. The Morgan fingerprint density at radius 2 is 1.38 bits per heavy atom. The van der Waals surface area contributed by atoms with E-state index < -0.39 is 0 Å². The van der Waals surface area contributed by atoms with Gasteiger partial charge >= 0.3 is 0 Å². The van der Waals surface area contributed by atoms with Crippen LogP contribution in [-0.2, 0) is 26.2 Å². The van der Waals surface area contributed by atoms with Crippen LogP contribution in [0.3, 0.4) is 0 Å². The zero-order valence-corrected chi connectivity index (χ0v) is 15.2. The largest absolute Gasteiger partial charge is 0.269 e. The van der Waals surface area contributed by atoms with E-state index in [1.165, 1.54) is 11.1 Å². The topological polar surface area (TPSA) is 0 Å². The van der Waals surface area contributed by atoms with E-state index in [9.17, 15) is 0 Å². The van der Waals surface area contributed by atoms with Gasteiger partial charge in [0.25, 0.3) is 0 Å². The molecule has 0 aromatic rings. The fourth-order valence-electron chi connectivity index (χ4n) is 1.80. The van der Waals surface area contributed by atoms with E-state index in [-0.39, 0.29) is 61.8 Å². The summed E-state index contributed by atoms with van der Waals surface area (Å²) in [7, 11) is 0. The minimum Gasteiger partial charge on any atom is -0.269 e. The van der Waals surface area contributed by atoms with Crippen LogP contribution in [0.2, 0.25) is 0 Å². The zero-order chi connectivity index (χ0) is 10.3. The third-order valence-corrected chi connectivity index (χ3v) is 2.41. The quantitative estimate of drug-likeness (QED) is 0.545. The van der Waals surface area contributed by atoms with Gasteiger partial charge in [-0.25, -0.2) is 5.57 Å². The monoisotopic (exact) mass is 339 g/mol. The van der Waals surface area contributed by atoms with Crippen LogP contribution in [0.4, 0.5) is 0 Å². The van der Waals surface area contributed by atoms with Crippen LogP contribution >= 0.6 is 24.8 Å². The maximum Gasteiger partial charge on any atom is 0 e. The first-order valence-corrected chi connectivity index (χ1v) is 5.05. The van der Waals surface area contributed by atoms with Gasteiger partial charge in [0.1, 0.15) is 0 Å². The summed E-state index contributed by atoms with van der Waals surface area (Å²) in [4.78, 5) is 0. The zero-order valence-electron chi connectivity index (χ0n) is 11.1. The molecule has 0 atom stereocenters. The summed E-state index contributed by atoms with van der Waals surface area (Å²) in [6, 6.07) is 0. The van der Waals surface area contributed by atoms with Gasteiger partial charge in [0.05, 0.1) is 0 Å². The van der Waals surface area contributed by atoms with Crippen molar-refractivity contribution in [2.24, 2.45) is 10.8 Å². The molecule has 0 aromatic heterocycles. The Labute approximate surface area is 132 Å². The third kappa shape index (κ3) is 5.52. The van der Waals surface area contributed by atoms with Crippen molar-refractivity contribution in [1.82, 2.24) is 0 Å². The molecule has 0 radical (unpaired) electrons. The molecule has 0 nitrogen and oxygen atoms in total. The summed E-state index contributed by atoms with van der Waals surface area (Å²) in [6.45, 7) is 13.6. The van der Waals surface area contributed by atoms with Crippen LogP contribution in [0.1, 0.15) is 48.0 Å². The SMILES string of the molecule is CC(C)(C)C1=[C-]CC=C1C(C)(C)C.Cl.Cl.[Zr]. The molecule has 1 rings (SSSR count). The minimum absolute atomic E-state index is 0. The van der Waals surface area contributed by atoms with Crippen LogP contribution in [0.15, 0.2) is 17.2 Å². The van der Waals surface area contributed by atoms with Crippen molar-refractivity contribution in [3.63, 3.8) is 0 Å². The standard InChI is InChI=1S/C13H21.2ClH.Zr/c1-12(2,3)10-8-7-9-11(10)13(4,5)6;;;/h8H,7H2,1-6H3;2*1H;/q-1;;;. The Balaban J connectivity index is -0.000000563. The molecule has 0 amide bonds. The molecule has 0 saturated heterocycles. The molecule has 1 aliphatic carbocycles. The predicted molar refractivity (Wildman–Crippen MR) is 72.9 cm³/mol. The van der Waals surface area contributed by atoms with E-state index in [0.29, 0.717) is 0 Å². The summed E-state index contributed by atoms with van der Waals surface area (Å²) in [5, 5.41) is 0. The predicted octanol–water partition coefficient (Wildman–Crippen LogP) is 4.98. The van der Waals surface area contributed by atoms with Crippen molar-refractivity contribution in [3.8, 4) is 0 Å². The fraction of sp³-hybridized carbons (Fsp3) is 0.692. The van der Waals surface area contributed by atoms with Gasteiger partial charge in [-0.05, 0) is 5.41 Å². The van der Waals surface area contributed by atoms with E-state index >= 15 is 0 Å². The molecule has 0 unspecified atom stereocenters. The molecular weight excluding hydrogens is 318 g/mol. The molecule has 0 saturated carbocycles. The Morgan fingerprint density at radius 1 is 0.938 bits per heavy atom. The van der Waals surface area contributed by atoms with Crippen LogP contribution in [-0.4, -0.2) is 0 Å². The molecule has 0 spiro atoms.